The summed E-state index contributed by atoms with van der Waals surface area (Å²) in [6.45, 7) is 6.30. The molecule has 0 spiro atoms. The number of nitrogens with one attached hydrogen (secondary N) is 2. The molecule has 2 N–H and O–H groups in total. The third kappa shape index (κ3) is 4.34. The average molecular weight is 287 g/mol. The molecule has 1 aromatic carbocycles. The average Bonchev–Trinajstić information content (AvgIpc) is 2.95. The molecule has 0 radical (unpaired) electrons. The van der Waals surface area contributed by atoms with E-state index in [0.717, 1.165) is 17.1 Å². The van der Waals surface area contributed by atoms with Crippen molar-refractivity contribution in [2.45, 2.75) is 33.2 Å². The molecule has 2 rings (SSSR count). The normalized spacial score (nSPS) is 12.0. The summed E-state index contributed by atoms with van der Waals surface area (Å²) in [5, 5.41) is 2.88. The number of imidazole rings is 1. The molecule has 1 atom stereocenters. The van der Waals surface area contributed by atoms with E-state index < -0.39 is 0 Å². The topological polar surface area (TPSA) is 67.0 Å². The summed E-state index contributed by atoms with van der Waals surface area (Å²) in [7, 11) is 0. The van der Waals surface area contributed by atoms with Crippen LogP contribution in [0.4, 0.5) is 0 Å². The van der Waals surface area contributed by atoms with Crippen molar-refractivity contribution in [3.05, 3.63) is 47.5 Å². The second kappa shape index (κ2) is 6.92. The van der Waals surface area contributed by atoms with Crippen LogP contribution >= 0.6 is 0 Å². The van der Waals surface area contributed by atoms with Crippen LogP contribution in [0.5, 0.6) is 5.75 Å². The zero-order chi connectivity index (χ0) is 15.2. The summed E-state index contributed by atoms with van der Waals surface area (Å²) in [6.07, 6.45) is 3.72. The van der Waals surface area contributed by atoms with Gasteiger partial charge in [0.1, 0.15) is 11.6 Å². The maximum absolute atomic E-state index is 11.8. The fourth-order valence-electron chi connectivity index (χ4n) is 2.11. The first-order valence-corrected chi connectivity index (χ1v) is 7.05. The lowest BCUT2D eigenvalue weighted by atomic mass is 10.1. The van der Waals surface area contributed by atoms with Crippen molar-refractivity contribution in [3.8, 4) is 5.75 Å². The van der Waals surface area contributed by atoms with Crippen LogP contribution in [0.25, 0.3) is 0 Å². The van der Waals surface area contributed by atoms with Crippen molar-refractivity contribution in [1.29, 1.82) is 0 Å². The Morgan fingerprint density at radius 1 is 1.43 bits per heavy atom. The number of ether oxygens (including phenoxy) is 1. The van der Waals surface area contributed by atoms with Gasteiger partial charge >= 0.3 is 0 Å². The lowest BCUT2D eigenvalue weighted by Crippen LogP contribution is -2.28. The SMILES string of the molecule is Cc1ccc(OCCC(=O)NC(C)c2ncc[nH]2)c(C)c1. The Morgan fingerprint density at radius 3 is 2.90 bits per heavy atom. The monoisotopic (exact) mass is 287 g/mol. The fraction of sp³-hybridized carbons (Fsp3) is 0.375. The molecular weight excluding hydrogens is 266 g/mol. The zero-order valence-electron chi connectivity index (χ0n) is 12.6. The highest BCUT2D eigenvalue weighted by atomic mass is 16.5. The van der Waals surface area contributed by atoms with Gasteiger partial charge in [0.05, 0.1) is 19.1 Å². The lowest BCUT2D eigenvalue weighted by Gasteiger charge is -2.13. The highest BCUT2D eigenvalue weighted by Gasteiger charge is 2.11. The van der Waals surface area contributed by atoms with Crippen molar-refractivity contribution in [2.24, 2.45) is 0 Å². The fourth-order valence-corrected chi connectivity index (χ4v) is 2.11. The summed E-state index contributed by atoms with van der Waals surface area (Å²) in [4.78, 5) is 18.9. The van der Waals surface area contributed by atoms with E-state index in [1.165, 1.54) is 5.56 Å². The van der Waals surface area contributed by atoms with E-state index in [4.69, 9.17) is 4.74 Å². The number of hydrogen-bond donors (Lipinski definition) is 2. The van der Waals surface area contributed by atoms with Crippen molar-refractivity contribution in [1.82, 2.24) is 15.3 Å². The maximum Gasteiger partial charge on any atom is 0.224 e. The van der Waals surface area contributed by atoms with Crippen LogP contribution in [0.2, 0.25) is 0 Å². The number of nitrogens with zero attached hydrogens (tertiary/aromatic N) is 1. The summed E-state index contributed by atoms with van der Waals surface area (Å²) in [5.41, 5.74) is 2.28. The predicted octanol–water partition coefficient (Wildman–Crippen LogP) is 2.67. The van der Waals surface area contributed by atoms with Crippen LogP contribution in [0, 0.1) is 13.8 Å². The number of aryl methyl sites for hydroxylation is 2. The summed E-state index contributed by atoms with van der Waals surface area (Å²) in [5.74, 6) is 1.52. The number of hydrogen-bond acceptors (Lipinski definition) is 3. The third-order valence-corrected chi connectivity index (χ3v) is 3.22. The summed E-state index contributed by atoms with van der Waals surface area (Å²) in [6, 6.07) is 5.87. The zero-order valence-corrected chi connectivity index (χ0v) is 12.6. The highest BCUT2D eigenvalue weighted by molar-refractivity contribution is 5.76. The van der Waals surface area contributed by atoms with Crippen molar-refractivity contribution < 1.29 is 9.53 Å². The second-order valence-electron chi connectivity index (χ2n) is 5.13. The summed E-state index contributed by atoms with van der Waals surface area (Å²) >= 11 is 0. The number of H-pyrrole nitrogens is 1. The van der Waals surface area contributed by atoms with Gasteiger partial charge in [0.25, 0.3) is 0 Å². The van der Waals surface area contributed by atoms with E-state index in [1.54, 1.807) is 12.4 Å². The molecule has 1 amide bonds. The van der Waals surface area contributed by atoms with Gasteiger partial charge in [-0.3, -0.25) is 4.79 Å². The second-order valence-corrected chi connectivity index (χ2v) is 5.13. The molecule has 21 heavy (non-hydrogen) atoms. The molecule has 0 fully saturated rings. The molecule has 5 heteroatoms. The van der Waals surface area contributed by atoms with Crippen molar-refractivity contribution in [2.75, 3.05) is 6.61 Å². The first kappa shape index (κ1) is 15.1. The number of carbonyl (C=O) groups excluding carboxylic acids is 1. The van der Waals surface area contributed by atoms with Crippen LogP contribution in [0.15, 0.2) is 30.6 Å². The number of carbonyl (C=O) groups is 1. The van der Waals surface area contributed by atoms with Crippen molar-refractivity contribution >= 4 is 5.91 Å². The quantitative estimate of drug-likeness (QED) is 0.858. The molecule has 0 saturated carbocycles. The number of aromatic nitrogens is 2. The van der Waals surface area contributed by atoms with Gasteiger partial charge in [0.2, 0.25) is 5.91 Å². The predicted molar refractivity (Wildman–Crippen MR) is 81.2 cm³/mol. The van der Waals surface area contributed by atoms with Crippen LogP contribution in [0.1, 0.15) is 36.3 Å². The third-order valence-electron chi connectivity index (χ3n) is 3.22. The molecule has 0 aliphatic rings. The molecule has 1 heterocycles. The minimum absolute atomic E-state index is 0.0522. The van der Waals surface area contributed by atoms with Crippen LogP contribution in [-0.4, -0.2) is 22.5 Å². The molecule has 0 bridgehead atoms. The minimum atomic E-state index is -0.131. The molecule has 0 saturated heterocycles. The molecule has 1 unspecified atom stereocenters. The number of amides is 1. The van der Waals surface area contributed by atoms with E-state index in [-0.39, 0.29) is 11.9 Å². The van der Waals surface area contributed by atoms with E-state index in [1.807, 2.05) is 32.9 Å². The van der Waals surface area contributed by atoms with Crippen LogP contribution in [-0.2, 0) is 4.79 Å². The Bertz CT molecular complexity index is 594. The van der Waals surface area contributed by atoms with Gasteiger partial charge in [0.15, 0.2) is 0 Å². The van der Waals surface area contributed by atoms with E-state index in [9.17, 15) is 4.79 Å². The van der Waals surface area contributed by atoms with Crippen LogP contribution < -0.4 is 10.1 Å². The molecule has 0 aliphatic heterocycles. The Hall–Kier alpha value is -2.30. The van der Waals surface area contributed by atoms with Gasteiger partial charge < -0.3 is 15.0 Å². The lowest BCUT2D eigenvalue weighted by molar-refractivity contribution is -0.122. The Morgan fingerprint density at radius 2 is 2.24 bits per heavy atom. The van der Waals surface area contributed by atoms with E-state index >= 15 is 0 Å². The summed E-state index contributed by atoms with van der Waals surface area (Å²) < 4.78 is 5.65. The Balaban J connectivity index is 1.76. The van der Waals surface area contributed by atoms with Crippen molar-refractivity contribution in [3.63, 3.8) is 0 Å². The number of benzene rings is 1. The van der Waals surface area contributed by atoms with Crippen LogP contribution in [0.3, 0.4) is 0 Å². The minimum Gasteiger partial charge on any atom is -0.493 e. The Kier molecular flexibility index (Phi) is 4.98. The molecular formula is C16H21N3O2. The maximum atomic E-state index is 11.8. The smallest absolute Gasteiger partial charge is 0.224 e. The van der Waals surface area contributed by atoms with E-state index in [0.29, 0.717) is 13.0 Å². The van der Waals surface area contributed by atoms with Gasteiger partial charge in [-0.05, 0) is 32.4 Å². The molecule has 112 valence electrons. The van der Waals surface area contributed by atoms with Gasteiger partial charge in [0, 0.05) is 12.4 Å². The molecule has 0 aliphatic carbocycles. The van der Waals surface area contributed by atoms with Gasteiger partial charge in [-0.25, -0.2) is 4.98 Å². The number of aromatic amines is 1. The molecule has 2 aromatic rings. The van der Waals surface area contributed by atoms with Gasteiger partial charge in [-0.15, -0.1) is 0 Å². The first-order chi connectivity index (χ1) is 10.1. The highest BCUT2D eigenvalue weighted by Crippen LogP contribution is 2.18. The molecule has 1 aromatic heterocycles. The van der Waals surface area contributed by atoms with Gasteiger partial charge in [-0.1, -0.05) is 17.7 Å². The first-order valence-electron chi connectivity index (χ1n) is 7.05. The van der Waals surface area contributed by atoms with Gasteiger partial charge in [-0.2, -0.15) is 0 Å². The largest absolute Gasteiger partial charge is 0.493 e. The van der Waals surface area contributed by atoms with E-state index in [2.05, 4.69) is 21.4 Å². The molecule has 5 nitrogen and oxygen atoms in total. The standard InChI is InChI=1S/C16H21N3O2/c1-11-4-5-14(12(2)10-11)21-9-6-15(20)19-13(3)16-17-7-8-18-16/h4-5,7-8,10,13H,6,9H2,1-3H3,(H,17,18)(H,19,20). The number of rotatable bonds is 6. The Labute approximate surface area is 124 Å².